The van der Waals surface area contributed by atoms with Crippen LogP contribution in [0.3, 0.4) is 0 Å². The summed E-state index contributed by atoms with van der Waals surface area (Å²) in [5.74, 6) is -0.321. The van der Waals surface area contributed by atoms with Gasteiger partial charge >= 0.3 is 5.97 Å². The van der Waals surface area contributed by atoms with Crippen molar-refractivity contribution in [2.75, 3.05) is 13.2 Å². The third-order valence-corrected chi connectivity index (χ3v) is 6.66. The first-order valence-electron chi connectivity index (χ1n) is 12.4. The number of ether oxygens (including phenoxy) is 1. The summed E-state index contributed by atoms with van der Waals surface area (Å²) in [5, 5.41) is 22.8. The topological polar surface area (TPSA) is 78.8 Å². The molecular weight excluding hydrogens is 445 g/mol. The highest BCUT2D eigenvalue weighted by Crippen LogP contribution is 2.32. The van der Waals surface area contributed by atoms with E-state index in [1.165, 1.54) is 23.3 Å². The highest BCUT2D eigenvalue weighted by molar-refractivity contribution is 5.66. The van der Waals surface area contributed by atoms with E-state index >= 15 is 0 Å². The predicted molar refractivity (Wildman–Crippen MR) is 137 cm³/mol. The molecule has 2 aromatic carbocycles. The Bertz CT molecular complexity index is 994. The number of aliphatic hydroxyl groups excluding tert-OH is 1. The number of benzene rings is 2. The largest absolute Gasteiger partial charge is 0.491 e. The third kappa shape index (κ3) is 8.48. The summed E-state index contributed by atoms with van der Waals surface area (Å²) in [6.45, 7) is 8.68. The zero-order valence-electron chi connectivity index (χ0n) is 20.9. The van der Waals surface area contributed by atoms with Gasteiger partial charge in [0.15, 0.2) is 0 Å². The van der Waals surface area contributed by atoms with E-state index in [0.29, 0.717) is 43.0 Å². The van der Waals surface area contributed by atoms with Crippen molar-refractivity contribution in [2.24, 2.45) is 5.92 Å². The van der Waals surface area contributed by atoms with Gasteiger partial charge < -0.3 is 20.3 Å². The molecule has 0 amide bonds. The van der Waals surface area contributed by atoms with Crippen LogP contribution in [-0.4, -0.2) is 41.0 Å². The molecule has 0 saturated carbocycles. The minimum atomic E-state index is -0.823. The average molecular weight is 484 g/mol. The summed E-state index contributed by atoms with van der Waals surface area (Å²) < 4.78 is 19.6. The van der Waals surface area contributed by atoms with E-state index in [0.717, 1.165) is 24.8 Å². The first-order chi connectivity index (χ1) is 16.6. The maximum Gasteiger partial charge on any atom is 0.303 e. The standard InChI is InChI=1S/C29H38FNO4/c1-20(27-16-25(30)13-12-22(27)8-6-7-11-28(33)34)35-19-26(32)18-31-29(2,3)17-21-14-23-9-4-5-10-24(23)15-21/h4-5,9-10,12-13,16,21,26,31-32H,1,6-8,11,14-15,17-19H2,2-3H3,(H,33,34)/t26-/m1/s1. The molecule has 0 aromatic heterocycles. The van der Waals surface area contributed by atoms with Crippen molar-refractivity contribution in [3.05, 3.63) is 77.1 Å². The second kappa shape index (κ2) is 12.3. The van der Waals surface area contributed by atoms with E-state index in [-0.39, 0.29) is 18.6 Å². The van der Waals surface area contributed by atoms with Crippen molar-refractivity contribution in [1.82, 2.24) is 5.32 Å². The fourth-order valence-electron chi connectivity index (χ4n) is 4.93. The Labute approximate surface area is 208 Å². The number of aryl methyl sites for hydroxylation is 1. The van der Waals surface area contributed by atoms with E-state index in [1.54, 1.807) is 6.07 Å². The van der Waals surface area contributed by atoms with Gasteiger partial charge in [-0.05, 0) is 87.1 Å². The Morgan fingerprint density at radius 2 is 1.89 bits per heavy atom. The summed E-state index contributed by atoms with van der Waals surface area (Å²) in [5.41, 5.74) is 4.17. The number of fused-ring (bicyclic) bond motifs is 1. The van der Waals surface area contributed by atoms with Gasteiger partial charge in [0.1, 0.15) is 24.3 Å². The second-order valence-corrected chi connectivity index (χ2v) is 10.3. The fourth-order valence-corrected chi connectivity index (χ4v) is 4.93. The molecule has 2 aromatic rings. The lowest BCUT2D eigenvalue weighted by atomic mass is 9.88. The van der Waals surface area contributed by atoms with Crippen molar-refractivity contribution < 1.29 is 24.1 Å². The van der Waals surface area contributed by atoms with Gasteiger partial charge in [-0.2, -0.15) is 0 Å². The molecule has 1 atom stereocenters. The lowest BCUT2D eigenvalue weighted by Gasteiger charge is -2.30. The molecule has 0 spiro atoms. The van der Waals surface area contributed by atoms with Crippen molar-refractivity contribution in [3.63, 3.8) is 0 Å². The average Bonchev–Trinajstić information content (AvgIpc) is 3.21. The lowest BCUT2D eigenvalue weighted by Crippen LogP contribution is -2.45. The number of carboxylic acid groups (broad SMARTS) is 1. The van der Waals surface area contributed by atoms with Crippen LogP contribution in [0.5, 0.6) is 0 Å². The number of aliphatic hydroxyl groups is 1. The van der Waals surface area contributed by atoms with Crippen molar-refractivity contribution >= 4 is 11.7 Å². The van der Waals surface area contributed by atoms with Gasteiger partial charge in [-0.1, -0.05) is 36.9 Å². The minimum absolute atomic E-state index is 0.0474. The van der Waals surface area contributed by atoms with E-state index < -0.39 is 17.9 Å². The Morgan fingerprint density at radius 1 is 1.20 bits per heavy atom. The van der Waals surface area contributed by atoms with Crippen LogP contribution in [0.4, 0.5) is 4.39 Å². The molecule has 5 nitrogen and oxygen atoms in total. The molecule has 1 aliphatic rings. The minimum Gasteiger partial charge on any atom is -0.491 e. The number of aliphatic carboxylic acids is 1. The molecule has 1 aliphatic carbocycles. The molecule has 0 saturated heterocycles. The number of nitrogens with one attached hydrogen (secondary N) is 1. The molecule has 35 heavy (non-hydrogen) atoms. The van der Waals surface area contributed by atoms with Crippen LogP contribution in [0.15, 0.2) is 49.0 Å². The summed E-state index contributed by atoms with van der Waals surface area (Å²) in [6, 6.07) is 13.1. The zero-order chi connectivity index (χ0) is 25.4. The molecule has 0 unspecified atom stereocenters. The third-order valence-electron chi connectivity index (χ3n) is 6.66. The second-order valence-electron chi connectivity index (χ2n) is 10.3. The molecule has 0 bridgehead atoms. The van der Waals surface area contributed by atoms with Gasteiger partial charge in [0.05, 0.1) is 0 Å². The summed E-state index contributed by atoms with van der Waals surface area (Å²) in [6.07, 6.45) is 4.40. The van der Waals surface area contributed by atoms with Crippen LogP contribution in [0, 0.1) is 11.7 Å². The number of hydrogen-bond acceptors (Lipinski definition) is 4. The van der Waals surface area contributed by atoms with Gasteiger partial charge in [0, 0.05) is 24.1 Å². The van der Waals surface area contributed by atoms with Crippen molar-refractivity contribution in [3.8, 4) is 0 Å². The summed E-state index contributed by atoms with van der Waals surface area (Å²) in [4.78, 5) is 10.7. The van der Waals surface area contributed by atoms with E-state index in [9.17, 15) is 14.3 Å². The van der Waals surface area contributed by atoms with Gasteiger partial charge in [0.2, 0.25) is 0 Å². The van der Waals surface area contributed by atoms with E-state index in [4.69, 9.17) is 9.84 Å². The van der Waals surface area contributed by atoms with Crippen molar-refractivity contribution in [1.29, 1.82) is 0 Å². The van der Waals surface area contributed by atoms with Crippen LogP contribution in [0.2, 0.25) is 0 Å². The molecule has 6 heteroatoms. The Hall–Kier alpha value is -2.70. The first-order valence-corrected chi connectivity index (χ1v) is 12.4. The van der Waals surface area contributed by atoms with Crippen LogP contribution >= 0.6 is 0 Å². The summed E-state index contributed by atoms with van der Waals surface area (Å²) in [7, 11) is 0. The molecule has 190 valence electrons. The predicted octanol–water partition coefficient (Wildman–Crippen LogP) is 5.14. The van der Waals surface area contributed by atoms with Crippen LogP contribution in [-0.2, 0) is 28.8 Å². The molecule has 3 N–H and O–H groups in total. The SMILES string of the molecule is C=C(OC[C@H](O)CNC(C)(C)CC1Cc2ccccc2C1)c1cc(F)ccc1CCCCC(=O)O. The monoisotopic (exact) mass is 483 g/mol. The number of unbranched alkanes of at least 4 members (excludes halogenated alkanes) is 1. The number of halogens is 1. The van der Waals surface area contributed by atoms with Crippen LogP contribution in [0.1, 0.15) is 61.8 Å². The maximum absolute atomic E-state index is 13.9. The Kier molecular flexibility index (Phi) is 9.47. The van der Waals surface area contributed by atoms with E-state index in [2.05, 4.69) is 50.0 Å². The van der Waals surface area contributed by atoms with Gasteiger partial charge in [0.25, 0.3) is 0 Å². The summed E-state index contributed by atoms with van der Waals surface area (Å²) >= 11 is 0. The van der Waals surface area contributed by atoms with Gasteiger partial charge in [-0.15, -0.1) is 0 Å². The highest BCUT2D eigenvalue weighted by Gasteiger charge is 2.28. The smallest absolute Gasteiger partial charge is 0.303 e. The fraction of sp³-hybridized carbons (Fsp3) is 0.483. The van der Waals surface area contributed by atoms with Crippen LogP contribution < -0.4 is 5.32 Å². The molecular formula is C29H38FNO4. The van der Waals surface area contributed by atoms with Gasteiger partial charge in [-0.3, -0.25) is 4.79 Å². The lowest BCUT2D eigenvalue weighted by molar-refractivity contribution is -0.137. The van der Waals surface area contributed by atoms with Crippen molar-refractivity contribution in [2.45, 2.75) is 70.4 Å². The van der Waals surface area contributed by atoms with Crippen LogP contribution in [0.25, 0.3) is 5.76 Å². The molecule has 0 fully saturated rings. The number of rotatable bonds is 14. The number of hydrogen-bond donors (Lipinski definition) is 3. The number of carbonyl (C=O) groups is 1. The molecule has 3 rings (SSSR count). The van der Waals surface area contributed by atoms with E-state index in [1.807, 2.05) is 0 Å². The Balaban J connectivity index is 1.44. The quantitative estimate of drug-likeness (QED) is 0.256. The maximum atomic E-state index is 13.9. The normalized spacial score (nSPS) is 14.5. The Morgan fingerprint density at radius 3 is 2.54 bits per heavy atom. The van der Waals surface area contributed by atoms with Gasteiger partial charge in [-0.25, -0.2) is 4.39 Å². The molecule has 0 radical (unpaired) electrons. The first kappa shape index (κ1) is 26.9. The number of carboxylic acids is 1. The highest BCUT2D eigenvalue weighted by atomic mass is 19.1. The molecule has 0 heterocycles. The molecule has 0 aliphatic heterocycles. The zero-order valence-corrected chi connectivity index (χ0v) is 20.9. The number of β-amino-alcohol motifs (C(OH)–C–C–N with tert-alkyl or cyclic N) is 1.